The smallest absolute Gasteiger partial charge is 0.257 e. The molecule has 31 heavy (non-hydrogen) atoms. The SMILES string of the molecule is CCCCCOc1ccc2ccccc2c1C1Nc2ccccc2C(=O)N1CCOC. The summed E-state index contributed by atoms with van der Waals surface area (Å²) in [6, 6.07) is 20.1. The number of benzene rings is 3. The molecule has 1 unspecified atom stereocenters. The summed E-state index contributed by atoms with van der Waals surface area (Å²) in [5.74, 6) is 0.822. The van der Waals surface area contributed by atoms with Crippen LogP contribution in [-0.2, 0) is 4.74 Å². The van der Waals surface area contributed by atoms with Gasteiger partial charge in [-0.2, -0.15) is 0 Å². The van der Waals surface area contributed by atoms with Crippen LogP contribution in [0.15, 0.2) is 60.7 Å². The fourth-order valence-corrected chi connectivity index (χ4v) is 4.16. The molecular formula is C26H30N2O3. The van der Waals surface area contributed by atoms with Gasteiger partial charge < -0.3 is 19.7 Å². The average Bonchev–Trinajstić information content (AvgIpc) is 2.81. The van der Waals surface area contributed by atoms with Gasteiger partial charge in [0.25, 0.3) is 5.91 Å². The topological polar surface area (TPSA) is 50.8 Å². The summed E-state index contributed by atoms with van der Waals surface area (Å²) in [4.78, 5) is 15.3. The molecule has 1 N–H and O–H groups in total. The van der Waals surface area contributed by atoms with Crippen molar-refractivity contribution in [3.8, 4) is 5.75 Å². The van der Waals surface area contributed by atoms with Crippen LogP contribution in [0, 0.1) is 0 Å². The first-order valence-corrected chi connectivity index (χ1v) is 11.0. The Hall–Kier alpha value is -3.05. The van der Waals surface area contributed by atoms with Crippen molar-refractivity contribution in [2.45, 2.75) is 32.4 Å². The van der Waals surface area contributed by atoms with Crippen molar-refractivity contribution in [1.82, 2.24) is 4.90 Å². The Balaban J connectivity index is 1.81. The van der Waals surface area contributed by atoms with Crippen LogP contribution >= 0.6 is 0 Å². The number of hydrogen-bond donors (Lipinski definition) is 1. The third-order valence-corrected chi connectivity index (χ3v) is 5.77. The number of anilines is 1. The standard InChI is InChI=1S/C26H30N2O3/c1-3-4-9-17-31-23-15-14-19-10-5-6-11-20(19)24(23)25-27-22-13-8-7-12-21(22)26(29)28(25)16-18-30-2/h5-8,10-15,25,27H,3-4,9,16-18H2,1-2H3. The minimum Gasteiger partial charge on any atom is -0.493 e. The van der Waals surface area contributed by atoms with Gasteiger partial charge in [0.2, 0.25) is 0 Å². The summed E-state index contributed by atoms with van der Waals surface area (Å²) < 4.78 is 11.6. The highest BCUT2D eigenvalue weighted by molar-refractivity contribution is 6.02. The van der Waals surface area contributed by atoms with Crippen molar-refractivity contribution in [2.75, 3.05) is 32.2 Å². The van der Waals surface area contributed by atoms with Gasteiger partial charge >= 0.3 is 0 Å². The van der Waals surface area contributed by atoms with E-state index in [-0.39, 0.29) is 12.1 Å². The molecule has 4 rings (SSSR count). The van der Waals surface area contributed by atoms with Gasteiger partial charge in [-0.25, -0.2) is 0 Å². The van der Waals surface area contributed by atoms with Gasteiger partial charge in [-0.1, -0.05) is 62.2 Å². The molecule has 1 atom stereocenters. The number of hydrogen-bond acceptors (Lipinski definition) is 4. The fraction of sp³-hybridized carbons (Fsp3) is 0.346. The second-order valence-electron chi connectivity index (χ2n) is 7.84. The number of rotatable bonds is 9. The van der Waals surface area contributed by atoms with E-state index in [0.717, 1.165) is 47.0 Å². The van der Waals surface area contributed by atoms with Gasteiger partial charge in [0.15, 0.2) is 0 Å². The Morgan fingerprint density at radius 3 is 2.61 bits per heavy atom. The van der Waals surface area contributed by atoms with Crippen LogP contribution in [-0.4, -0.2) is 37.7 Å². The molecule has 0 saturated heterocycles. The first-order valence-electron chi connectivity index (χ1n) is 11.0. The Labute approximate surface area is 184 Å². The summed E-state index contributed by atoms with van der Waals surface area (Å²) in [5.41, 5.74) is 2.52. The van der Waals surface area contributed by atoms with Crippen LogP contribution in [0.3, 0.4) is 0 Å². The summed E-state index contributed by atoms with van der Waals surface area (Å²) >= 11 is 0. The first kappa shape index (κ1) is 21.2. The third-order valence-electron chi connectivity index (χ3n) is 5.77. The van der Waals surface area contributed by atoms with Gasteiger partial charge in [-0.3, -0.25) is 4.79 Å². The number of methoxy groups -OCH3 is 1. The van der Waals surface area contributed by atoms with Gasteiger partial charge in [-0.15, -0.1) is 0 Å². The second-order valence-corrected chi connectivity index (χ2v) is 7.84. The zero-order valence-corrected chi connectivity index (χ0v) is 18.3. The molecular weight excluding hydrogens is 388 g/mol. The lowest BCUT2D eigenvalue weighted by Gasteiger charge is -2.39. The maximum atomic E-state index is 13.4. The number of carbonyl (C=O) groups excluding carboxylic acids is 1. The fourth-order valence-electron chi connectivity index (χ4n) is 4.16. The predicted molar refractivity (Wildman–Crippen MR) is 125 cm³/mol. The molecule has 0 aliphatic carbocycles. The van der Waals surface area contributed by atoms with E-state index < -0.39 is 0 Å². The van der Waals surface area contributed by atoms with Crippen molar-refractivity contribution in [3.63, 3.8) is 0 Å². The quantitative estimate of drug-likeness (QED) is 0.458. The van der Waals surface area contributed by atoms with E-state index in [4.69, 9.17) is 9.47 Å². The molecule has 3 aromatic rings. The van der Waals surface area contributed by atoms with Crippen molar-refractivity contribution in [2.24, 2.45) is 0 Å². The third kappa shape index (κ3) is 4.37. The molecule has 5 heteroatoms. The summed E-state index contributed by atoms with van der Waals surface area (Å²) in [5, 5.41) is 5.82. The van der Waals surface area contributed by atoms with E-state index >= 15 is 0 Å². The Kier molecular flexibility index (Phi) is 6.73. The predicted octanol–water partition coefficient (Wildman–Crippen LogP) is 5.62. The lowest BCUT2D eigenvalue weighted by atomic mass is 9.97. The lowest BCUT2D eigenvalue weighted by molar-refractivity contribution is 0.0608. The molecule has 162 valence electrons. The van der Waals surface area contributed by atoms with Crippen molar-refractivity contribution in [3.05, 3.63) is 71.8 Å². The minimum atomic E-state index is -0.343. The normalized spacial score (nSPS) is 15.6. The molecule has 1 aliphatic rings. The van der Waals surface area contributed by atoms with E-state index in [1.54, 1.807) is 7.11 Å². The van der Waals surface area contributed by atoms with Gasteiger partial charge in [0.1, 0.15) is 11.9 Å². The molecule has 1 heterocycles. The van der Waals surface area contributed by atoms with Crippen LogP contribution in [0.1, 0.15) is 48.3 Å². The second kappa shape index (κ2) is 9.84. The average molecular weight is 419 g/mol. The minimum absolute atomic E-state index is 0.00117. The van der Waals surface area contributed by atoms with Crippen LogP contribution < -0.4 is 10.1 Å². The van der Waals surface area contributed by atoms with Crippen molar-refractivity contribution in [1.29, 1.82) is 0 Å². The van der Waals surface area contributed by atoms with Gasteiger partial charge in [0.05, 0.1) is 18.8 Å². The molecule has 0 saturated carbocycles. The monoisotopic (exact) mass is 418 g/mol. The molecule has 0 bridgehead atoms. The van der Waals surface area contributed by atoms with Gasteiger partial charge in [-0.05, 0) is 35.4 Å². The van der Waals surface area contributed by atoms with Crippen LogP contribution in [0.4, 0.5) is 5.69 Å². The highest BCUT2D eigenvalue weighted by Crippen LogP contribution is 2.40. The van der Waals surface area contributed by atoms with E-state index in [1.165, 1.54) is 0 Å². The molecule has 0 radical (unpaired) electrons. The van der Waals surface area contributed by atoms with Crippen molar-refractivity contribution >= 4 is 22.4 Å². The summed E-state index contributed by atoms with van der Waals surface area (Å²) in [6.45, 7) is 3.79. The van der Waals surface area contributed by atoms with E-state index in [9.17, 15) is 4.79 Å². The molecule has 1 aliphatic heterocycles. The van der Waals surface area contributed by atoms with Crippen LogP contribution in [0.5, 0.6) is 5.75 Å². The number of unbranched alkanes of at least 4 members (excludes halogenated alkanes) is 2. The largest absolute Gasteiger partial charge is 0.493 e. The van der Waals surface area contributed by atoms with Crippen LogP contribution in [0.25, 0.3) is 10.8 Å². The maximum absolute atomic E-state index is 13.4. The molecule has 5 nitrogen and oxygen atoms in total. The number of carbonyl (C=O) groups is 1. The van der Waals surface area contributed by atoms with E-state index in [1.807, 2.05) is 47.4 Å². The number of ether oxygens (including phenoxy) is 2. The summed E-state index contributed by atoms with van der Waals surface area (Å²) in [7, 11) is 1.66. The van der Waals surface area contributed by atoms with Gasteiger partial charge in [0, 0.05) is 24.9 Å². The Morgan fingerprint density at radius 2 is 1.77 bits per heavy atom. The lowest BCUT2D eigenvalue weighted by Crippen LogP contribution is -2.44. The number of para-hydroxylation sites is 1. The maximum Gasteiger partial charge on any atom is 0.257 e. The molecule has 0 fully saturated rings. The number of nitrogens with zero attached hydrogens (tertiary/aromatic N) is 1. The highest BCUT2D eigenvalue weighted by atomic mass is 16.5. The molecule has 0 aromatic heterocycles. The number of nitrogens with one attached hydrogen (secondary N) is 1. The Bertz CT molecular complexity index is 1050. The number of fused-ring (bicyclic) bond motifs is 2. The zero-order chi connectivity index (χ0) is 21.6. The van der Waals surface area contributed by atoms with Crippen LogP contribution in [0.2, 0.25) is 0 Å². The summed E-state index contributed by atoms with van der Waals surface area (Å²) in [6.07, 6.45) is 2.95. The molecule has 1 amide bonds. The zero-order valence-electron chi connectivity index (χ0n) is 18.3. The number of amides is 1. The molecule has 3 aromatic carbocycles. The van der Waals surface area contributed by atoms with E-state index in [0.29, 0.717) is 25.3 Å². The molecule has 0 spiro atoms. The highest BCUT2D eigenvalue weighted by Gasteiger charge is 2.35. The van der Waals surface area contributed by atoms with Crippen molar-refractivity contribution < 1.29 is 14.3 Å². The Morgan fingerprint density at radius 1 is 0.968 bits per heavy atom. The first-order chi connectivity index (χ1) is 15.2. The van der Waals surface area contributed by atoms with E-state index in [2.05, 4.69) is 30.4 Å².